The molecule has 6 nitrogen and oxygen atoms in total. The second-order valence-electron chi connectivity index (χ2n) is 9.73. The summed E-state index contributed by atoms with van der Waals surface area (Å²) in [6.07, 6.45) is 12.4. The van der Waals surface area contributed by atoms with Crippen LogP contribution in [0, 0.1) is 24.7 Å². The molecule has 2 bridgehead atoms. The first-order chi connectivity index (χ1) is 13.7. The van der Waals surface area contributed by atoms with Crippen molar-refractivity contribution in [3.8, 4) is 0 Å². The number of likely N-dealkylation sites (tertiary alicyclic amines) is 1. The SMILES string of the molecule is Cc1nnc(CN2C[C@H]3C[C@@H](C2)[C@H](CC2CCCCC2)N2C(=O)CCC[C@@H]32)o1. The monoisotopic (exact) mass is 386 g/mol. The van der Waals surface area contributed by atoms with Crippen LogP contribution in [-0.4, -0.2) is 51.1 Å². The van der Waals surface area contributed by atoms with Gasteiger partial charge in [-0.25, -0.2) is 0 Å². The number of hydrogen-bond acceptors (Lipinski definition) is 5. The zero-order valence-corrected chi connectivity index (χ0v) is 17.2. The van der Waals surface area contributed by atoms with Gasteiger partial charge in [-0.15, -0.1) is 10.2 Å². The van der Waals surface area contributed by atoms with Crippen LogP contribution in [0.2, 0.25) is 0 Å². The zero-order valence-electron chi connectivity index (χ0n) is 17.2. The van der Waals surface area contributed by atoms with Crippen LogP contribution >= 0.6 is 0 Å². The van der Waals surface area contributed by atoms with E-state index in [0.717, 1.165) is 44.3 Å². The fourth-order valence-electron chi connectivity index (χ4n) is 6.66. The van der Waals surface area contributed by atoms with Gasteiger partial charge in [0, 0.05) is 38.5 Å². The summed E-state index contributed by atoms with van der Waals surface area (Å²) >= 11 is 0. The average molecular weight is 387 g/mol. The Bertz CT molecular complexity index is 698. The van der Waals surface area contributed by atoms with E-state index >= 15 is 0 Å². The first-order valence-electron chi connectivity index (χ1n) is 11.5. The summed E-state index contributed by atoms with van der Waals surface area (Å²) in [5.74, 6) is 3.84. The van der Waals surface area contributed by atoms with E-state index in [4.69, 9.17) is 4.42 Å². The highest BCUT2D eigenvalue weighted by atomic mass is 16.4. The third-order valence-corrected chi connectivity index (χ3v) is 7.80. The van der Waals surface area contributed by atoms with Crippen LogP contribution in [0.1, 0.15) is 76.0 Å². The molecule has 28 heavy (non-hydrogen) atoms. The molecule has 1 aromatic heterocycles. The first kappa shape index (κ1) is 18.6. The Balaban J connectivity index is 1.35. The fraction of sp³-hybridized carbons (Fsp3) is 0.864. The molecule has 4 heterocycles. The molecule has 6 heteroatoms. The van der Waals surface area contributed by atoms with Crippen molar-refractivity contribution >= 4 is 5.91 Å². The van der Waals surface area contributed by atoms with Gasteiger partial charge in [-0.1, -0.05) is 32.1 Å². The largest absolute Gasteiger partial charge is 0.424 e. The van der Waals surface area contributed by atoms with E-state index in [0.29, 0.717) is 35.7 Å². The Morgan fingerprint density at radius 2 is 1.86 bits per heavy atom. The lowest BCUT2D eigenvalue weighted by atomic mass is 9.69. The number of carbonyl (C=O) groups is 1. The molecule has 0 radical (unpaired) electrons. The highest BCUT2D eigenvalue weighted by Crippen LogP contribution is 2.44. The van der Waals surface area contributed by atoms with Crippen LogP contribution in [0.15, 0.2) is 4.42 Å². The number of fused-ring (bicyclic) bond motifs is 4. The Hall–Kier alpha value is -1.43. The maximum absolute atomic E-state index is 13.0. The lowest BCUT2D eigenvalue weighted by molar-refractivity contribution is -0.154. The van der Waals surface area contributed by atoms with Crippen molar-refractivity contribution in [1.82, 2.24) is 20.0 Å². The van der Waals surface area contributed by atoms with Crippen LogP contribution in [0.3, 0.4) is 0 Å². The second-order valence-corrected chi connectivity index (χ2v) is 9.73. The number of hydrogen-bond donors (Lipinski definition) is 0. The van der Waals surface area contributed by atoms with Crippen LogP contribution in [0.4, 0.5) is 0 Å². The van der Waals surface area contributed by atoms with Gasteiger partial charge in [0.1, 0.15) is 0 Å². The molecule has 3 aliphatic heterocycles. The van der Waals surface area contributed by atoms with Crippen LogP contribution in [0.25, 0.3) is 0 Å². The smallest absolute Gasteiger partial charge is 0.230 e. The number of amides is 1. The van der Waals surface area contributed by atoms with Crippen LogP contribution in [-0.2, 0) is 11.3 Å². The standard InChI is InChI=1S/C22H34N4O2/c1-15-23-24-21(28-15)14-25-12-17-11-18(13-25)20(10-16-6-3-2-4-7-16)26-19(17)8-5-9-22(26)27/h16-20H,2-14H2,1H3/t17-,18+,19+,20+/m1/s1. The number of piperidine rings is 3. The summed E-state index contributed by atoms with van der Waals surface area (Å²) in [6, 6.07) is 0.905. The molecule has 1 aromatic rings. The Morgan fingerprint density at radius 3 is 2.64 bits per heavy atom. The Morgan fingerprint density at radius 1 is 1.04 bits per heavy atom. The van der Waals surface area contributed by atoms with E-state index < -0.39 is 0 Å². The van der Waals surface area contributed by atoms with Crippen molar-refractivity contribution in [1.29, 1.82) is 0 Å². The molecule has 1 amide bonds. The Labute approximate surface area is 168 Å². The summed E-state index contributed by atoms with van der Waals surface area (Å²) < 4.78 is 5.65. The van der Waals surface area contributed by atoms with Gasteiger partial charge < -0.3 is 9.32 Å². The van der Waals surface area contributed by atoms with Crippen molar-refractivity contribution in [3.63, 3.8) is 0 Å². The van der Waals surface area contributed by atoms with Crippen LogP contribution < -0.4 is 0 Å². The van der Waals surface area contributed by atoms with Gasteiger partial charge in [-0.05, 0) is 43.4 Å². The molecular formula is C22H34N4O2. The van der Waals surface area contributed by atoms with Gasteiger partial charge in [0.05, 0.1) is 6.54 Å². The molecule has 1 aliphatic carbocycles. The van der Waals surface area contributed by atoms with Crippen molar-refractivity contribution in [2.24, 2.45) is 17.8 Å². The minimum Gasteiger partial charge on any atom is -0.424 e. The van der Waals surface area contributed by atoms with Gasteiger partial charge in [0.15, 0.2) is 0 Å². The summed E-state index contributed by atoms with van der Waals surface area (Å²) in [4.78, 5) is 17.9. The first-order valence-corrected chi connectivity index (χ1v) is 11.5. The lowest BCUT2D eigenvalue weighted by Gasteiger charge is -2.57. The number of rotatable bonds is 4. The molecule has 4 aliphatic rings. The normalized spacial score (nSPS) is 34.5. The molecule has 4 fully saturated rings. The molecule has 1 saturated carbocycles. The molecule has 154 valence electrons. The molecule has 0 aromatic carbocycles. The van der Waals surface area contributed by atoms with Gasteiger partial charge in [0.25, 0.3) is 0 Å². The zero-order chi connectivity index (χ0) is 19.1. The van der Waals surface area contributed by atoms with Gasteiger partial charge >= 0.3 is 0 Å². The highest BCUT2D eigenvalue weighted by molar-refractivity contribution is 5.78. The molecule has 5 rings (SSSR count). The van der Waals surface area contributed by atoms with Gasteiger partial charge in [-0.2, -0.15) is 0 Å². The summed E-state index contributed by atoms with van der Waals surface area (Å²) in [5.41, 5.74) is 0. The fourth-order valence-corrected chi connectivity index (χ4v) is 6.66. The third-order valence-electron chi connectivity index (χ3n) is 7.80. The second kappa shape index (κ2) is 7.77. The summed E-state index contributed by atoms with van der Waals surface area (Å²) in [6.45, 7) is 4.73. The quantitative estimate of drug-likeness (QED) is 0.792. The predicted octanol–water partition coefficient (Wildman–Crippen LogP) is 3.55. The lowest BCUT2D eigenvalue weighted by Crippen LogP contribution is -2.65. The van der Waals surface area contributed by atoms with Crippen molar-refractivity contribution in [2.75, 3.05) is 13.1 Å². The molecule has 4 atom stereocenters. The molecule has 3 saturated heterocycles. The minimum absolute atomic E-state index is 0.438. The molecule has 0 unspecified atom stereocenters. The van der Waals surface area contributed by atoms with E-state index in [-0.39, 0.29) is 0 Å². The van der Waals surface area contributed by atoms with E-state index in [1.54, 1.807) is 0 Å². The topological polar surface area (TPSA) is 62.5 Å². The molecular weight excluding hydrogens is 352 g/mol. The van der Waals surface area contributed by atoms with E-state index in [1.165, 1.54) is 51.4 Å². The summed E-state index contributed by atoms with van der Waals surface area (Å²) in [7, 11) is 0. The van der Waals surface area contributed by atoms with E-state index in [1.807, 2.05) is 6.92 Å². The third kappa shape index (κ3) is 3.60. The summed E-state index contributed by atoms with van der Waals surface area (Å²) in [5, 5.41) is 8.21. The highest BCUT2D eigenvalue weighted by Gasteiger charge is 2.49. The number of carbonyl (C=O) groups excluding carboxylic acids is 1. The number of aryl methyl sites for hydroxylation is 1. The van der Waals surface area contributed by atoms with Crippen molar-refractivity contribution in [2.45, 2.75) is 89.8 Å². The molecule has 0 N–H and O–H groups in total. The number of aromatic nitrogens is 2. The Kier molecular flexibility index (Phi) is 5.16. The minimum atomic E-state index is 0.438. The van der Waals surface area contributed by atoms with Crippen LogP contribution in [0.5, 0.6) is 0 Å². The van der Waals surface area contributed by atoms with Crippen molar-refractivity contribution in [3.05, 3.63) is 11.8 Å². The van der Waals surface area contributed by atoms with Gasteiger partial charge in [-0.3, -0.25) is 9.69 Å². The number of nitrogens with zero attached hydrogens (tertiary/aromatic N) is 4. The van der Waals surface area contributed by atoms with E-state index in [9.17, 15) is 4.79 Å². The van der Waals surface area contributed by atoms with Crippen molar-refractivity contribution < 1.29 is 9.21 Å². The molecule has 0 spiro atoms. The maximum Gasteiger partial charge on any atom is 0.230 e. The van der Waals surface area contributed by atoms with E-state index in [2.05, 4.69) is 20.0 Å². The predicted molar refractivity (Wildman–Crippen MR) is 105 cm³/mol. The van der Waals surface area contributed by atoms with Gasteiger partial charge in [0.2, 0.25) is 17.7 Å². The average Bonchev–Trinajstić information content (AvgIpc) is 3.11. The maximum atomic E-state index is 13.0.